The highest BCUT2D eigenvalue weighted by Crippen LogP contribution is 2.35. The minimum absolute atomic E-state index is 0.107. The maximum absolute atomic E-state index is 11.2. The number of hydrogen-bond donors (Lipinski definition) is 2. The Morgan fingerprint density at radius 3 is 2.59 bits per heavy atom. The van der Waals surface area contributed by atoms with Crippen molar-refractivity contribution < 1.29 is 24.5 Å². The van der Waals surface area contributed by atoms with Crippen molar-refractivity contribution in [1.29, 1.82) is 0 Å². The van der Waals surface area contributed by atoms with E-state index in [9.17, 15) is 15.0 Å². The molecule has 1 amide bonds. The van der Waals surface area contributed by atoms with Gasteiger partial charge in [0, 0.05) is 57.3 Å². The SMILES string of the molecule is Cn1nc(-c2ccc(OCc3ccccc3)nc2O)c2ccc(OC3CCN(CC4CCN(C(=O)O)CC4)C3)cc21. The molecule has 4 aromatic rings. The molecular weight excluding hydrogens is 522 g/mol. The molecule has 0 aliphatic carbocycles. The van der Waals surface area contributed by atoms with Gasteiger partial charge in [-0.2, -0.15) is 10.1 Å². The lowest BCUT2D eigenvalue weighted by atomic mass is 9.96. The summed E-state index contributed by atoms with van der Waals surface area (Å²) in [6.45, 7) is 4.46. The fourth-order valence-electron chi connectivity index (χ4n) is 5.86. The average molecular weight is 558 g/mol. The van der Waals surface area contributed by atoms with Crippen LogP contribution in [-0.4, -0.2) is 79.7 Å². The molecule has 10 nitrogen and oxygen atoms in total. The van der Waals surface area contributed by atoms with E-state index in [0.29, 0.717) is 42.8 Å². The second-order valence-electron chi connectivity index (χ2n) is 10.9. The summed E-state index contributed by atoms with van der Waals surface area (Å²) in [6.07, 6.45) is 2.09. The van der Waals surface area contributed by atoms with Crippen molar-refractivity contribution in [2.75, 3.05) is 32.7 Å². The molecule has 214 valence electrons. The molecule has 2 aromatic heterocycles. The van der Waals surface area contributed by atoms with Crippen molar-refractivity contribution in [3.05, 3.63) is 66.2 Å². The van der Waals surface area contributed by atoms with Crippen molar-refractivity contribution in [2.24, 2.45) is 13.0 Å². The monoisotopic (exact) mass is 557 g/mol. The number of piperidine rings is 1. The van der Waals surface area contributed by atoms with E-state index >= 15 is 0 Å². The Hall–Kier alpha value is -4.31. The molecule has 2 aromatic carbocycles. The molecule has 0 radical (unpaired) electrons. The Morgan fingerprint density at radius 1 is 1.02 bits per heavy atom. The third-order valence-electron chi connectivity index (χ3n) is 8.09. The van der Waals surface area contributed by atoms with Gasteiger partial charge >= 0.3 is 6.09 Å². The number of amides is 1. The van der Waals surface area contributed by atoms with E-state index in [1.54, 1.807) is 16.8 Å². The van der Waals surface area contributed by atoms with Crippen molar-refractivity contribution in [3.8, 4) is 28.8 Å². The number of carboxylic acid groups (broad SMARTS) is 1. The number of likely N-dealkylation sites (tertiary alicyclic amines) is 2. The summed E-state index contributed by atoms with van der Waals surface area (Å²) in [4.78, 5) is 19.4. The minimum atomic E-state index is -0.814. The summed E-state index contributed by atoms with van der Waals surface area (Å²) in [7, 11) is 1.88. The molecule has 0 saturated carbocycles. The highest BCUT2D eigenvalue weighted by Gasteiger charge is 2.29. The first kappa shape index (κ1) is 26.9. The number of pyridine rings is 1. The largest absolute Gasteiger partial charge is 0.493 e. The molecule has 0 spiro atoms. The van der Waals surface area contributed by atoms with Gasteiger partial charge in [-0.1, -0.05) is 30.3 Å². The molecule has 41 heavy (non-hydrogen) atoms. The van der Waals surface area contributed by atoms with Crippen LogP contribution in [0.4, 0.5) is 4.79 Å². The van der Waals surface area contributed by atoms with Gasteiger partial charge in [-0.3, -0.25) is 9.58 Å². The standard InChI is InChI=1S/C31H35N5O5/c1-34-27-17-23(41-24-13-14-35(19-24)18-21-11-15-36(16-12-21)31(38)39)7-8-25(27)29(33-34)26-9-10-28(32-30(26)37)40-20-22-5-3-2-4-6-22/h2-10,17,21,24H,11-16,18-20H2,1H3,(H,32,37)(H,38,39). The lowest BCUT2D eigenvalue weighted by Crippen LogP contribution is -2.40. The number of rotatable bonds is 8. The second kappa shape index (κ2) is 11.7. The van der Waals surface area contributed by atoms with Crippen LogP contribution in [0.3, 0.4) is 0 Å². The summed E-state index contributed by atoms with van der Waals surface area (Å²) in [5.74, 6) is 1.54. The average Bonchev–Trinajstić information content (AvgIpc) is 3.56. The smallest absolute Gasteiger partial charge is 0.407 e. The van der Waals surface area contributed by atoms with Crippen LogP contribution < -0.4 is 9.47 Å². The normalized spacial score (nSPS) is 18.2. The number of benzene rings is 2. The van der Waals surface area contributed by atoms with Crippen LogP contribution in [0.1, 0.15) is 24.8 Å². The minimum Gasteiger partial charge on any atom is -0.493 e. The number of hydrogen-bond acceptors (Lipinski definition) is 7. The van der Waals surface area contributed by atoms with Gasteiger partial charge in [0.15, 0.2) is 0 Å². The van der Waals surface area contributed by atoms with E-state index in [4.69, 9.17) is 9.47 Å². The second-order valence-corrected chi connectivity index (χ2v) is 10.9. The first-order valence-corrected chi connectivity index (χ1v) is 14.1. The third kappa shape index (κ3) is 6.07. The lowest BCUT2D eigenvalue weighted by molar-refractivity contribution is 0.114. The van der Waals surface area contributed by atoms with E-state index in [1.165, 1.54) is 4.90 Å². The summed E-state index contributed by atoms with van der Waals surface area (Å²) in [6, 6.07) is 19.3. The van der Waals surface area contributed by atoms with Crippen LogP contribution in [0.15, 0.2) is 60.7 Å². The molecule has 2 fully saturated rings. The Bertz CT molecular complexity index is 1520. The van der Waals surface area contributed by atoms with E-state index in [-0.39, 0.29) is 12.0 Å². The van der Waals surface area contributed by atoms with E-state index in [1.807, 2.05) is 55.6 Å². The topological polar surface area (TPSA) is 113 Å². The number of aromatic hydroxyl groups is 1. The van der Waals surface area contributed by atoms with Crippen LogP contribution in [0, 0.1) is 5.92 Å². The first-order valence-electron chi connectivity index (χ1n) is 14.1. The van der Waals surface area contributed by atoms with Gasteiger partial charge in [0.25, 0.3) is 0 Å². The van der Waals surface area contributed by atoms with Crippen LogP contribution in [0.5, 0.6) is 17.5 Å². The van der Waals surface area contributed by atoms with Crippen molar-refractivity contribution in [3.63, 3.8) is 0 Å². The van der Waals surface area contributed by atoms with Crippen LogP contribution in [0.2, 0.25) is 0 Å². The quantitative estimate of drug-likeness (QED) is 0.319. The Morgan fingerprint density at radius 2 is 1.83 bits per heavy atom. The first-order chi connectivity index (χ1) is 19.9. The van der Waals surface area contributed by atoms with Gasteiger partial charge in [-0.25, -0.2) is 4.79 Å². The molecular formula is C31H35N5O5. The maximum Gasteiger partial charge on any atom is 0.407 e. The van der Waals surface area contributed by atoms with Crippen molar-refractivity contribution in [1.82, 2.24) is 24.6 Å². The molecule has 2 aliphatic heterocycles. The van der Waals surface area contributed by atoms with Gasteiger partial charge in [0.2, 0.25) is 11.8 Å². The van der Waals surface area contributed by atoms with Crippen LogP contribution in [0.25, 0.3) is 22.2 Å². The van der Waals surface area contributed by atoms with E-state index in [2.05, 4.69) is 15.0 Å². The third-order valence-corrected chi connectivity index (χ3v) is 8.09. The van der Waals surface area contributed by atoms with Gasteiger partial charge in [-0.05, 0) is 48.9 Å². The Labute approximate surface area is 238 Å². The fraction of sp³-hybridized carbons (Fsp3) is 0.387. The summed E-state index contributed by atoms with van der Waals surface area (Å²) in [5, 5.41) is 25.5. The zero-order valence-electron chi connectivity index (χ0n) is 23.1. The molecule has 2 saturated heterocycles. The summed E-state index contributed by atoms with van der Waals surface area (Å²) >= 11 is 0. The molecule has 2 aliphatic rings. The number of fused-ring (bicyclic) bond motifs is 1. The molecule has 1 unspecified atom stereocenters. The van der Waals surface area contributed by atoms with Crippen LogP contribution in [-0.2, 0) is 13.7 Å². The number of carbonyl (C=O) groups is 1. The predicted octanol–water partition coefficient (Wildman–Crippen LogP) is 4.76. The van der Waals surface area contributed by atoms with Gasteiger partial charge in [0.1, 0.15) is 24.2 Å². The molecule has 10 heteroatoms. The summed E-state index contributed by atoms with van der Waals surface area (Å²) in [5.41, 5.74) is 3.11. The maximum atomic E-state index is 11.2. The molecule has 4 heterocycles. The number of aromatic nitrogens is 3. The highest BCUT2D eigenvalue weighted by atomic mass is 16.5. The van der Waals surface area contributed by atoms with E-state index < -0.39 is 6.09 Å². The van der Waals surface area contributed by atoms with Gasteiger partial charge in [0.05, 0.1) is 11.1 Å². The van der Waals surface area contributed by atoms with E-state index in [0.717, 1.165) is 61.1 Å². The van der Waals surface area contributed by atoms with Crippen molar-refractivity contribution >= 4 is 17.0 Å². The predicted molar refractivity (Wildman–Crippen MR) is 154 cm³/mol. The lowest BCUT2D eigenvalue weighted by Gasteiger charge is -2.32. The zero-order chi connectivity index (χ0) is 28.3. The van der Waals surface area contributed by atoms with Gasteiger partial charge < -0.3 is 24.6 Å². The van der Waals surface area contributed by atoms with Gasteiger partial charge in [-0.15, -0.1) is 0 Å². The fourth-order valence-corrected chi connectivity index (χ4v) is 5.86. The highest BCUT2D eigenvalue weighted by molar-refractivity contribution is 5.95. The molecule has 0 bridgehead atoms. The number of ether oxygens (including phenoxy) is 2. The summed E-state index contributed by atoms with van der Waals surface area (Å²) < 4.78 is 13.9. The Kier molecular flexibility index (Phi) is 7.65. The molecule has 1 atom stereocenters. The zero-order valence-corrected chi connectivity index (χ0v) is 23.1. The molecule has 6 rings (SSSR count). The van der Waals surface area contributed by atoms with Crippen molar-refractivity contribution in [2.45, 2.75) is 32.0 Å². The molecule has 2 N–H and O–H groups in total. The number of aryl methyl sites for hydroxylation is 1. The number of nitrogens with zero attached hydrogens (tertiary/aromatic N) is 5. The Balaban J connectivity index is 1.08. The van der Waals surface area contributed by atoms with Crippen LogP contribution >= 0.6 is 0 Å².